The number of β-amino-alcohol motifs (C(OH)–C–C–N with tert-alkyl or cyclic N) is 1. The molecule has 132 valence electrons. The van der Waals surface area contributed by atoms with Crippen molar-refractivity contribution in [3.05, 3.63) is 52.0 Å². The molecule has 2 aromatic rings. The fourth-order valence-corrected chi connectivity index (χ4v) is 4.07. The molecule has 1 aliphatic heterocycles. The molecule has 0 spiro atoms. The highest BCUT2D eigenvalue weighted by molar-refractivity contribution is 7.11. The van der Waals surface area contributed by atoms with Gasteiger partial charge in [0.1, 0.15) is 10.3 Å². The average Bonchev–Trinajstić information content (AvgIpc) is 3.02. The molecule has 25 heavy (non-hydrogen) atoms. The molecule has 1 aromatic heterocycles. The molecular formula is C18H20N2O4S. The number of benzene rings is 1. The van der Waals surface area contributed by atoms with Crippen LogP contribution in [0.4, 0.5) is 0 Å². The Balaban J connectivity index is 1.80. The number of piperidine rings is 1. The number of carbonyl (C=O) groups excluding carboxylic acids is 1. The van der Waals surface area contributed by atoms with Gasteiger partial charge in [-0.1, -0.05) is 30.3 Å². The van der Waals surface area contributed by atoms with Gasteiger partial charge in [0, 0.05) is 13.1 Å². The number of aliphatic carboxylic acids is 1. The molecule has 2 heterocycles. The normalized spacial score (nSPS) is 23.4. The third-order valence-electron chi connectivity index (χ3n) is 4.87. The quantitative estimate of drug-likeness (QED) is 0.870. The Kier molecular flexibility index (Phi) is 4.87. The summed E-state index contributed by atoms with van der Waals surface area (Å²) in [5.74, 6) is -1.22. The molecule has 1 amide bonds. The molecule has 1 saturated heterocycles. The van der Waals surface area contributed by atoms with Crippen LogP contribution in [0.2, 0.25) is 0 Å². The van der Waals surface area contributed by atoms with Crippen molar-refractivity contribution in [3.63, 3.8) is 0 Å². The number of aromatic nitrogens is 1. The molecule has 0 aliphatic carbocycles. The second-order valence-corrected chi connectivity index (χ2v) is 7.26. The minimum atomic E-state index is -1.28. The minimum Gasteiger partial charge on any atom is -0.481 e. The molecule has 2 N–H and O–H groups in total. The predicted octanol–water partition coefficient (Wildman–Crippen LogP) is 1.97. The van der Waals surface area contributed by atoms with E-state index < -0.39 is 17.5 Å². The molecule has 0 unspecified atom stereocenters. The van der Waals surface area contributed by atoms with Crippen LogP contribution in [0.3, 0.4) is 0 Å². The van der Waals surface area contributed by atoms with Gasteiger partial charge in [-0.05, 0) is 25.3 Å². The van der Waals surface area contributed by atoms with E-state index in [0.29, 0.717) is 17.1 Å². The fourth-order valence-electron chi connectivity index (χ4n) is 3.30. The Labute approximate surface area is 149 Å². The van der Waals surface area contributed by atoms with Gasteiger partial charge in [0.25, 0.3) is 5.91 Å². The highest BCUT2D eigenvalue weighted by Crippen LogP contribution is 2.36. The standard InChI is InChI=1S/C18H20N2O4S/c1-12-15(25-11-19-12)16(22)20-8-7-18(17(23)24,14(21)10-20)9-13-5-3-2-4-6-13/h2-6,11,14,21H,7-10H2,1H3,(H,23,24)/t14-,18-/m1/s1. The van der Waals surface area contributed by atoms with E-state index in [1.165, 1.54) is 16.2 Å². The highest BCUT2D eigenvalue weighted by Gasteiger charge is 2.49. The Morgan fingerprint density at radius 2 is 2.08 bits per heavy atom. The molecule has 6 nitrogen and oxygen atoms in total. The van der Waals surface area contributed by atoms with Crippen molar-refractivity contribution in [3.8, 4) is 0 Å². The third-order valence-corrected chi connectivity index (χ3v) is 5.79. The van der Waals surface area contributed by atoms with E-state index >= 15 is 0 Å². The zero-order valence-electron chi connectivity index (χ0n) is 13.9. The number of hydrogen-bond donors (Lipinski definition) is 2. The zero-order valence-corrected chi connectivity index (χ0v) is 14.7. The van der Waals surface area contributed by atoms with E-state index in [9.17, 15) is 19.8 Å². The van der Waals surface area contributed by atoms with Crippen LogP contribution in [0.15, 0.2) is 35.8 Å². The Bertz CT molecular complexity index is 776. The van der Waals surface area contributed by atoms with Crippen LogP contribution in [-0.4, -0.2) is 51.2 Å². The first kappa shape index (κ1) is 17.6. The molecule has 2 atom stereocenters. The average molecular weight is 360 g/mol. The number of aryl methyl sites for hydroxylation is 1. The van der Waals surface area contributed by atoms with Crippen LogP contribution in [0.25, 0.3) is 0 Å². The number of carbonyl (C=O) groups is 2. The molecule has 7 heteroatoms. The monoisotopic (exact) mass is 360 g/mol. The number of thiazole rings is 1. The summed E-state index contributed by atoms with van der Waals surface area (Å²) in [5, 5.41) is 20.5. The number of aliphatic hydroxyl groups excluding tert-OH is 1. The van der Waals surface area contributed by atoms with E-state index in [1.54, 1.807) is 12.4 Å². The summed E-state index contributed by atoms with van der Waals surface area (Å²) in [4.78, 5) is 30.7. The maximum Gasteiger partial charge on any atom is 0.312 e. The third kappa shape index (κ3) is 3.29. The van der Waals surface area contributed by atoms with Crippen molar-refractivity contribution in [2.45, 2.75) is 25.9 Å². The van der Waals surface area contributed by atoms with Crippen LogP contribution in [0, 0.1) is 12.3 Å². The van der Waals surface area contributed by atoms with Crippen molar-refractivity contribution in [2.75, 3.05) is 13.1 Å². The first-order valence-corrected chi connectivity index (χ1v) is 8.97. The smallest absolute Gasteiger partial charge is 0.312 e. The van der Waals surface area contributed by atoms with Crippen molar-refractivity contribution in [1.29, 1.82) is 0 Å². The summed E-state index contributed by atoms with van der Waals surface area (Å²) in [6.07, 6.45) is -0.676. The molecule has 3 rings (SSSR count). The summed E-state index contributed by atoms with van der Waals surface area (Å²) in [6.45, 7) is 2.07. The lowest BCUT2D eigenvalue weighted by molar-refractivity contribution is -0.161. The van der Waals surface area contributed by atoms with Gasteiger partial charge in [-0.15, -0.1) is 11.3 Å². The second kappa shape index (κ2) is 6.93. The van der Waals surface area contributed by atoms with Crippen LogP contribution in [0.1, 0.15) is 27.3 Å². The lowest BCUT2D eigenvalue weighted by atomic mass is 9.71. The summed E-state index contributed by atoms with van der Waals surface area (Å²) < 4.78 is 0. The van der Waals surface area contributed by atoms with Gasteiger partial charge in [-0.3, -0.25) is 9.59 Å². The van der Waals surface area contributed by atoms with Crippen molar-refractivity contribution < 1.29 is 19.8 Å². The summed E-state index contributed by atoms with van der Waals surface area (Å²) in [5.41, 5.74) is 1.85. The first-order valence-electron chi connectivity index (χ1n) is 8.09. The number of amides is 1. The van der Waals surface area contributed by atoms with Crippen molar-refractivity contribution in [1.82, 2.24) is 9.88 Å². The maximum absolute atomic E-state index is 12.6. The minimum absolute atomic E-state index is 0.00923. The van der Waals surface area contributed by atoms with Crippen LogP contribution >= 0.6 is 11.3 Å². The van der Waals surface area contributed by atoms with Crippen LogP contribution in [-0.2, 0) is 11.2 Å². The van der Waals surface area contributed by atoms with E-state index in [1.807, 2.05) is 30.3 Å². The molecule has 1 aliphatic rings. The molecule has 1 aromatic carbocycles. The summed E-state index contributed by atoms with van der Waals surface area (Å²) in [6, 6.07) is 9.28. The molecule has 0 saturated carbocycles. The number of likely N-dealkylation sites (tertiary alicyclic amines) is 1. The van der Waals surface area contributed by atoms with E-state index in [-0.39, 0.29) is 25.3 Å². The van der Waals surface area contributed by atoms with Gasteiger partial charge in [0.15, 0.2) is 0 Å². The Morgan fingerprint density at radius 1 is 1.36 bits per heavy atom. The fraction of sp³-hybridized carbons (Fsp3) is 0.389. The van der Waals surface area contributed by atoms with Gasteiger partial charge in [0.2, 0.25) is 0 Å². The van der Waals surface area contributed by atoms with Gasteiger partial charge in [-0.25, -0.2) is 4.98 Å². The number of carboxylic acids is 1. The Hall–Kier alpha value is -2.25. The number of rotatable bonds is 4. The van der Waals surface area contributed by atoms with Crippen LogP contribution in [0.5, 0.6) is 0 Å². The van der Waals surface area contributed by atoms with Gasteiger partial charge < -0.3 is 15.1 Å². The van der Waals surface area contributed by atoms with Gasteiger partial charge >= 0.3 is 5.97 Å². The highest BCUT2D eigenvalue weighted by atomic mass is 32.1. The number of nitrogens with zero attached hydrogens (tertiary/aromatic N) is 2. The lowest BCUT2D eigenvalue weighted by Crippen LogP contribution is -2.57. The first-order chi connectivity index (χ1) is 11.9. The molecular weight excluding hydrogens is 340 g/mol. The lowest BCUT2D eigenvalue weighted by Gasteiger charge is -2.42. The van der Waals surface area contributed by atoms with E-state index in [0.717, 1.165) is 5.56 Å². The molecule has 0 radical (unpaired) electrons. The SMILES string of the molecule is Cc1ncsc1C(=O)N1CC[C@](Cc2ccccc2)(C(=O)O)[C@H](O)C1. The zero-order chi connectivity index (χ0) is 18.0. The number of hydrogen-bond acceptors (Lipinski definition) is 5. The molecule has 1 fully saturated rings. The van der Waals surface area contributed by atoms with Crippen molar-refractivity contribution >= 4 is 23.2 Å². The summed E-state index contributed by atoms with van der Waals surface area (Å²) in [7, 11) is 0. The number of carboxylic acid groups (broad SMARTS) is 1. The van der Waals surface area contributed by atoms with Crippen LogP contribution < -0.4 is 0 Å². The number of aliphatic hydroxyl groups is 1. The van der Waals surface area contributed by atoms with E-state index in [4.69, 9.17) is 0 Å². The van der Waals surface area contributed by atoms with Crippen molar-refractivity contribution in [2.24, 2.45) is 5.41 Å². The maximum atomic E-state index is 12.6. The largest absolute Gasteiger partial charge is 0.481 e. The second-order valence-electron chi connectivity index (χ2n) is 6.41. The predicted molar refractivity (Wildman–Crippen MR) is 93.6 cm³/mol. The van der Waals surface area contributed by atoms with E-state index in [2.05, 4.69) is 4.98 Å². The van der Waals surface area contributed by atoms with Gasteiger partial charge in [0.05, 0.1) is 17.3 Å². The van der Waals surface area contributed by atoms with Gasteiger partial charge in [-0.2, -0.15) is 0 Å². The summed E-state index contributed by atoms with van der Waals surface area (Å²) >= 11 is 1.26. The topological polar surface area (TPSA) is 90.7 Å². The Morgan fingerprint density at radius 3 is 2.64 bits per heavy atom. The molecule has 0 bridgehead atoms.